The molecule has 0 aliphatic carbocycles. The van der Waals surface area contributed by atoms with Crippen LogP contribution in [-0.2, 0) is 18.4 Å². The molecule has 4 heterocycles. The quantitative estimate of drug-likeness (QED) is 0.460. The highest BCUT2D eigenvalue weighted by atomic mass is 16.5. The van der Waals surface area contributed by atoms with Gasteiger partial charge in [-0.25, -0.2) is 4.79 Å². The van der Waals surface area contributed by atoms with Gasteiger partial charge in [-0.2, -0.15) is 0 Å². The van der Waals surface area contributed by atoms with Gasteiger partial charge in [-0.15, -0.1) is 20.4 Å². The van der Waals surface area contributed by atoms with E-state index in [0.29, 0.717) is 22.5 Å². The van der Waals surface area contributed by atoms with E-state index >= 15 is 0 Å². The zero-order valence-electron chi connectivity index (χ0n) is 17.3. The number of carbonyl (C=O) groups is 1. The van der Waals surface area contributed by atoms with Crippen molar-refractivity contribution in [3.63, 3.8) is 0 Å². The molecule has 10 heteroatoms. The summed E-state index contributed by atoms with van der Waals surface area (Å²) in [4.78, 5) is 27.3. The van der Waals surface area contributed by atoms with Crippen LogP contribution >= 0.6 is 0 Å². The summed E-state index contributed by atoms with van der Waals surface area (Å²) in [6, 6.07) is 8.98. The molecule has 1 fully saturated rings. The summed E-state index contributed by atoms with van der Waals surface area (Å²) >= 11 is 0. The van der Waals surface area contributed by atoms with Crippen LogP contribution in [0, 0.1) is 6.92 Å². The number of benzene rings is 1. The molecule has 0 spiro atoms. The summed E-state index contributed by atoms with van der Waals surface area (Å²) in [5, 5.41) is 17.0. The maximum absolute atomic E-state index is 12.7. The number of hydrogen-bond donors (Lipinski definition) is 0. The first-order valence-corrected chi connectivity index (χ1v) is 10.1. The predicted octanol–water partition coefficient (Wildman–Crippen LogP) is 1.64. The summed E-state index contributed by atoms with van der Waals surface area (Å²) in [6.07, 6.45) is 2.27. The Hall–Kier alpha value is -3.82. The third-order valence-electron chi connectivity index (χ3n) is 5.56. The van der Waals surface area contributed by atoms with Crippen molar-refractivity contribution in [2.75, 3.05) is 18.0 Å². The van der Waals surface area contributed by atoms with Crippen LogP contribution in [0.3, 0.4) is 0 Å². The molecule has 0 amide bonds. The molecule has 0 radical (unpaired) electrons. The van der Waals surface area contributed by atoms with Gasteiger partial charge in [-0.1, -0.05) is 11.6 Å². The van der Waals surface area contributed by atoms with E-state index in [1.165, 1.54) is 4.57 Å². The summed E-state index contributed by atoms with van der Waals surface area (Å²) < 4.78 is 8.58. The monoisotopic (exact) mass is 419 g/mol. The third kappa shape index (κ3) is 3.29. The number of hydrogen-bond acceptors (Lipinski definition) is 8. The van der Waals surface area contributed by atoms with Crippen molar-refractivity contribution < 1.29 is 9.53 Å². The van der Waals surface area contributed by atoms with Gasteiger partial charge in [0.1, 0.15) is 0 Å². The summed E-state index contributed by atoms with van der Waals surface area (Å²) in [7, 11) is 1.64. The number of carbonyl (C=O) groups excluding carboxylic acids is 1. The van der Waals surface area contributed by atoms with Crippen molar-refractivity contribution in [2.45, 2.75) is 26.4 Å². The SMILES string of the molecule is Cc1ccc2c(c1)c(=O)n(C)c1nnc(COC(=O)c3ccc(N4CCCC4)nn3)n21. The number of aromatic nitrogens is 6. The lowest BCUT2D eigenvalue weighted by Gasteiger charge is -2.15. The smallest absolute Gasteiger partial charge is 0.359 e. The molecule has 1 aliphatic rings. The first-order chi connectivity index (χ1) is 15.0. The Morgan fingerprint density at radius 1 is 1.06 bits per heavy atom. The molecule has 5 rings (SSSR count). The van der Waals surface area contributed by atoms with Crippen LogP contribution in [0.15, 0.2) is 35.1 Å². The van der Waals surface area contributed by atoms with E-state index in [1.807, 2.05) is 25.1 Å². The molecule has 1 aliphatic heterocycles. The second-order valence-corrected chi connectivity index (χ2v) is 7.68. The first-order valence-electron chi connectivity index (χ1n) is 10.1. The molecule has 0 saturated carbocycles. The molecule has 31 heavy (non-hydrogen) atoms. The average molecular weight is 419 g/mol. The molecule has 3 aromatic heterocycles. The first kappa shape index (κ1) is 19.2. The van der Waals surface area contributed by atoms with Gasteiger partial charge in [0.05, 0.1) is 10.9 Å². The number of anilines is 1. The number of nitrogens with zero attached hydrogens (tertiary/aromatic N) is 7. The molecule has 10 nitrogen and oxygen atoms in total. The largest absolute Gasteiger partial charge is 0.453 e. The molecule has 1 saturated heterocycles. The molecular formula is C21H21N7O3. The Morgan fingerprint density at radius 2 is 1.87 bits per heavy atom. The highest BCUT2D eigenvalue weighted by Crippen LogP contribution is 2.18. The van der Waals surface area contributed by atoms with Crippen molar-refractivity contribution in [1.29, 1.82) is 0 Å². The lowest BCUT2D eigenvalue weighted by molar-refractivity contribution is 0.0453. The molecule has 4 aromatic rings. The van der Waals surface area contributed by atoms with Gasteiger partial charge >= 0.3 is 5.97 Å². The van der Waals surface area contributed by atoms with Crippen molar-refractivity contribution >= 4 is 28.5 Å². The summed E-state index contributed by atoms with van der Waals surface area (Å²) in [5.74, 6) is 0.957. The van der Waals surface area contributed by atoms with Gasteiger partial charge < -0.3 is 9.64 Å². The third-order valence-corrected chi connectivity index (χ3v) is 5.56. The van der Waals surface area contributed by atoms with E-state index in [0.717, 1.165) is 37.3 Å². The lowest BCUT2D eigenvalue weighted by Crippen LogP contribution is -2.21. The maximum atomic E-state index is 12.7. The Balaban J connectivity index is 1.41. The van der Waals surface area contributed by atoms with Crippen LogP contribution in [0.1, 0.15) is 34.7 Å². The molecule has 0 N–H and O–H groups in total. The second kappa shape index (κ2) is 7.46. The molecule has 0 unspecified atom stereocenters. The highest BCUT2D eigenvalue weighted by molar-refractivity contribution is 5.87. The fraction of sp³-hybridized carbons (Fsp3) is 0.333. The van der Waals surface area contributed by atoms with Gasteiger partial charge in [0, 0.05) is 20.1 Å². The average Bonchev–Trinajstić information content (AvgIpc) is 3.46. The number of fused-ring (bicyclic) bond motifs is 3. The summed E-state index contributed by atoms with van der Waals surface area (Å²) in [6.45, 7) is 3.72. The minimum atomic E-state index is -0.595. The van der Waals surface area contributed by atoms with Gasteiger partial charge in [0.25, 0.3) is 5.56 Å². The van der Waals surface area contributed by atoms with Gasteiger partial charge in [-0.05, 0) is 44.0 Å². The minimum absolute atomic E-state index is 0.114. The number of esters is 1. The number of ether oxygens (including phenoxy) is 1. The van der Waals surface area contributed by atoms with E-state index in [2.05, 4.69) is 25.3 Å². The summed E-state index contributed by atoms with van der Waals surface area (Å²) in [5.41, 5.74) is 1.61. The Morgan fingerprint density at radius 3 is 2.61 bits per heavy atom. The van der Waals surface area contributed by atoms with Crippen LogP contribution in [-0.4, -0.2) is 48.4 Å². The standard InChI is InChI=1S/C21H21N7O3/c1-13-5-7-16-14(11-13)19(29)26(2)21-25-24-18(28(16)21)12-31-20(30)15-6-8-17(23-22-15)27-9-3-4-10-27/h5-8,11H,3-4,9-10,12H2,1-2H3. The fourth-order valence-corrected chi connectivity index (χ4v) is 3.91. The van der Waals surface area contributed by atoms with Crippen LogP contribution in [0.4, 0.5) is 5.82 Å². The Kier molecular flexibility index (Phi) is 4.61. The van der Waals surface area contributed by atoms with Crippen LogP contribution in [0.2, 0.25) is 0 Å². The zero-order valence-corrected chi connectivity index (χ0v) is 17.3. The molecule has 1 aromatic carbocycles. The molecular weight excluding hydrogens is 398 g/mol. The number of aryl methyl sites for hydroxylation is 2. The molecule has 0 bridgehead atoms. The van der Waals surface area contributed by atoms with Gasteiger partial charge in [0.15, 0.2) is 23.9 Å². The molecule has 0 atom stereocenters. The Labute approximate surface area is 177 Å². The van der Waals surface area contributed by atoms with Crippen LogP contribution in [0.5, 0.6) is 0 Å². The fourth-order valence-electron chi connectivity index (χ4n) is 3.91. The van der Waals surface area contributed by atoms with Crippen molar-refractivity contribution in [2.24, 2.45) is 7.05 Å². The lowest BCUT2D eigenvalue weighted by atomic mass is 10.1. The van der Waals surface area contributed by atoms with Crippen molar-refractivity contribution in [3.8, 4) is 0 Å². The van der Waals surface area contributed by atoms with E-state index in [1.54, 1.807) is 23.6 Å². The Bertz CT molecular complexity index is 1350. The van der Waals surface area contributed by atoms with Crippen LogP contribution in [0.25, 0.3) is 16.7 Å². The van der Waals surface area contributed by atoms with E-state index < -0.39 is 5.97 Å². The number of rotatable bonds is 4. The second-order valence-electron chi connectivity index (χ2n) is 7.68. The maximum Gasteiger partial charge on any atom is 0.359 e. The van der Waals surface area contributed by atoms with E-state index in [4.69, 9.17) is 4.74 Å². The van der Waals surface area contributed by atoms with Gasteiger partial charge in [-0.3, -0.25) is 13.8 Å². The topological polar surface area (TPSA) is 108 Å². The van der Waals surface area contributed by atoms with Crippen molar-refractivity contribution in [3.05, 3.63) is 57.8 Å². The van der Waals surface area contributed by atoms with Crippen molar-refractivity contribution in [1.82, 2.24) is 29.4 Å². The van der Waals surface area contributed by atoms with E-state index in [9.17, 15) is 9.59 Å². The zero-order chi connectivity index (χ0) is 21.5. The molecule has 158 valence electrons. The predicted molar refractivity (Wildman–Crippen MR) is 113 cm³/mol. The van der Waals surface area contributed by atoms with Gasteiger partial charge in [0.2, 0.25) is 5.78 Å². The van der Waals surface area contributed by atoms with E-state index in [-0.39, 0.29) is 17.9 Å². The van der Waals surface area contributed by atoms with Crippen LogP contribution < -0.4 is 10.5 Å². The minimum Gasteiger partial charge on any atom is -0.453 e. The highest BCUT2D eigenvalue weighted by Gasteiger charge is 2.19. The normalized spacial score (nSPS) is 13.9.